The molecular weight excluding hydrogens is 370 g/mol. The number of nitrogens with one attached hydrogen (secondary N) is 1. The Morgan fingerprint density at radius 3 is 3.00 bits per heavy atom. The zero-order valence-electron chi connectivity index (χ0n) is 13.5. The van der Waals surface area contributed by atoms with Crippen LogP contribution in [0.3, 0.4) is 0 Å². The number of aliphatic imine (C=N–C) groups is 1. The molecule has 0 aliphatic carbocycles. The van der Waals surface area contributed by atoms with Gasteiger partial charge in [0, 0.05) is 22.8 Å². The van der Waals surface area contributed by atoms with Crippen LogP contribution in [0.2, 0.25) is 0 Å². The van der Waals surface area contributed by atoms with Crippen molar-refractivity contribution in [3.63, 3.8) is 0 Å². The van der Waals surface area contributed by atoms with Gasteiger partial charge in [-0.1, -0.05) is 15.9 Å². The highest BCUT2D eigenvalue weighted by Gasteiger charge is 2.31. The molecule has 3 aliphatic heterocycles. The van der Waals surface area contributed by atoms with Crippen LogP contribution in [0, 0.1) is 0 Å². The second-order valence-electron chi connectivity index (χ2n) is 5.92. The van der Waals surface area contributed by atoms with E-state index in [1.807, 2.05) is 30.8 Å². The predicted molar refractivity (Wildman–Crippen MR) is 99.7 cm³/mol. The first-order chi connectivity index (χ1) is 11.7. The predicted octanol–water partition coefficient (Wildman–Crippen LogP) is 2.63. The highest BCUT2D eigenvalue weighted by Crippen LogP contribution is 2.32. The first-order valence-electron chi connectivity index (χ1n) is 7.81. The Balaban J connectivity index is 1.65. The summed E-state index contributed by atoms with van der Waals surface area (Å²) in [5, 5.41) is 4.49. The van der Waals surface area contributed by atoms with Crippen molar-refractivity contribution < 1.29 is 4.74 Å². The lowest BCUT2D eigenvalue weighted by molar-refractivity contribution is 0.415. The average Bonchev–Trinajstić information content (AvgIpc) is 3.21. The molecule has 4 rings (SSSR count). The van der Waals surface area contributed by atoms with E-state index in [4.69, 9.17) is 4.74 Å². The fourth-order valence-corrected chi connectivity index (χ4v) is 3.51. The maximum Gasteiger partial charge on any atom is 0.161 e. The number of methoxy groups -OCH3 is 1. The van der Waals surface area contributed by atoms with Gasteiger partial charge in [-0.3, -0.25) is 10.4 Å². The van der Waals surface area contributed by atoms with Gasteiger partial charge in [-0.25, -0.2) is 0 Å². The lowest BCUT2D eigenvalue weighted by Crippen LogP contribution is -2.38. The van der Waals surface area contributed by atoms with Crippen LogP contribution in [0.1, 0.15) is 12.5 Å². The summed E-state index contributed by atoms with van der Waals surface area (Å²) in [5.41, 5.74) is 5.17. The fourth-order valence-electron chi connectivity index (χ4n) is 3.04. The molecule has 2 atom stereocenters. The van der Waals surface area contributed by atoms with Crippen LogP contribution in [0.15, 0.2) is 51.1 Å². The van der Waals surface area contributed by atoms with Crippen LogP contribution in [-0.4, -0.2) is 42.9 Å². The number of hydrogen-bond acceptors (Lipinski definition) is 6. The molecule has 0 bridgehead atoms. The number of fused-ring (bicyclic) bond motifs is 1. The lowest BCUT2D eigenvalue weighted by Gasteiger charge is -2.26. The van der Waals surface area contributed by atoms with Crippen molar-refractivity contribution in [2.75, 3.05) is 18.6 Å². The largest absolute Gasteiger partial charge is 0.495 e. The molecule has 0 saturated heterocycles. The minimum absolute atomic E-state index is 0.0160. The summed E-state index contributed by atoms with van der Waals surface area (Å²) in [5.74, 6) is 1.68. The van der Waals surface area contributed by atoms with Crippen molar-refractivity contribution in [3.8, 4) is 5.75 Å². The van der Waals surface area contributed by atoms with Crippen LogP contribution in [0.25, 0.3) is 0 Å². The molecule has 0 spiro atoms. The van der Waals surface area contributed by atoms with Gasteiger partial charge in [-0.2, -0.15) is 5.10 Å². The van der Waals surface area contributed by atoms with Crippen LogP contribution < -0.4 is 15.1 Å². The molecular formula is C17H18BrN5O. The molecule has 3 heterocycles. The Bertz CT molecular complexity index is 785. The first-order valence-corrected chi connectivity index (χ1v) is 8.60. The summed E-state index contributed by atoms with van der Waals surface area (Å²) in [4.78, 5) is 8.63. The van der Waals surface area contributed by atoms with Crippen molar-refractivity contribution in [1.82, 2.24) is 10.3 Å². The van der Waals surface area contributed by atoms with Gasteiger partial charge in [0.2, 0.25) is 0 Å². The number of ether oxygens (including phenoxy) is 1. The van der Waals surface area contributed by atoms with E-state index in [1.54, 1.807) is 7.11 Å². The van der Waals surface area contributed by atoms with E-state index >= 15 is 0 Å². The summed E-state index contributed by atoms with van der Waals surface area (Å²) in [6, 6.07) is 6.46. The van der Waals surface area contributed by atoms with Crippen molar-refractivity contribution in [2.45, 2.75) is 19.1 Å². The molecule has 0 aromatic heterocycles. The van der Waals surface area contributed by atoms with Gasteiger partial charge in [0.05, 0.1) is 25.2 Å². The number of nitrogens with zero attached hydrogens (tertiary/aromatic N) is 4. The molecule has 3 aliphatic rings. The zero-order valence-corrected chi connectivity index (χ0v) is 15.1. The molecule has 0 amide bonds. The number of rotatable bonds is 3. The fraction of sp³-hybridized carbons (Fsp3) is 0.294. The van der Waals surface area contributed by atoms with Gasteiger partial charge in [-0.15, -0.1) is 0 Å². The molecule has 1 N–H and O–H groups in total. The molecule has 0 radical (unpaired) electrons. The number of hydrazone groups is 1. The topological polar surface area (TPSA) is 52.5 Å². The van der Waals surface area contributed by atoms with Gasteiger partial charge in [-0.05, 0) is 37.3 Å². The van der Waals surface area contributed by atoms with Gasteiger partial charge < -0.3 is 14.5 Å². The molecule has 2 unspecified atom stereocenters. The number of benzene rings is 1. The zero-order chi connectivity index (χ0) is 16.7. The maximum atomic E-state index is 5.61. The van der Waals surface area contributed by atoms with Crippen molar-refractivity contribution in [2.24, 2.45) is 10.1 Å². The van der Waals surface area contributed by atoms with Crippen LogP contribution in [-0.2, 0) is 0 Å². The van der Waals surface area contributed by atoms with Crippen LogP contribution in [0.5, 0.6) is 5.75 Å². The third-order valence-corrected chi connectivity index (χ3v) is 4.95. The maximum absolute atomic E-state index is 5.61. The minimum atomic E-state index is 0.0160. The Hall–Kier alpha value is -2.28. The average molecular weight is 388 g/mol. The molecule has 6 nitrogen and oxygen atoms in total. The van der Waals surface area contributed by atoms with E-state index in [-0.39, 0.29) is 6.17 Å². The Labute approximate surface area is 149 Å². The van der Waals surface area contributed by atoms with Crippen LogP contribution >= 0.6 is 15.9 Å². The minimum Gasteiger partial charge on any atom is -0.495 e. The van der Waals surface area contributed by atoms with Gasteiger partial charge >= 0.3 is 0 Å². The highest BCUT2D eigenvalue weighted by atomic mass is 79.9. The second-order valence-corrected chi connectivity index (χ2v) is 6.84. The third-order valence-electron chi connectivity index (χ3n) is 4.25. The number of halogens is 1. The Morgan fingerprint density at radius 1 is 1.38 bits per heavy atom. The lowest BCUT2D eigenvalue weighted by atomic mass is 10.1. The van der Waals surface area contributed by atoms with E-state index in [1.165, 1.54) is 0 Å². The molecule has 0 saturated carbocycles. The molecule has 124 valence electrons. The number of amidine groups is 1. The summed E-state index contributed by atoms with van der Waals surface area (Å²) in [6.45, 7) is 2.97. The van der Waals surface area contributed by atoms with Crippen molar-refractivity contribution in [3.05, 3.63) is 46.6 Å². The van der Waals surface area contributed by atoms with E-state index < -0.39 is 0 Å². The highest BCUT2D eigenvalue weighted by molar-refractivity contribution is 9.11. The van der Waals surface area contributed by atoms with Gasteiger partial charge in [0.25, 0.3) is 0 Å². The Morgan fingerprint density at radius 2 is 2.25 bits per heavy atom. The van der Waals surface area contributed by atoms with Gasteiger partial charge in [0.15, 0.2) is 12.0 Å². The van der Waals surface area contributed by atoms with Crippen molar-refractivity contribution >= 4 is 33.8 Å². The summed E-state index contributed by atoms with van der Waals surface area (Å²) >= 11 is 3.57. The second kappa shape index (κ2) is 5.98. The van der Waals surface area contributed by atoms with E-state index in [2.05, 4.69) is 60.3 Å². The first kappa shape index (κ1) is 15.3. The summed E-state index contributed by atoms with van der Waals surface area (Å²) in [6.07, 6.45) is 7.93. The van der Waals surface area contributed by atoms with E-state index in [0.717, 1.165) is 33.9 Å². The monoisotopic (exact) mass is 387 g/mol. The van der Waals surface area contributed by atoms with Crippen LogP contribution in [0.4, 0.5) is 5.69 Å². The molecule has 1 aromatic rings. The third kappa shape index (κ3) is 2.49. The normalized spacial score (nSPS) is 24.6. The number of allylic oxidation sites excluding steroid dienone is 2. The molecule has 24 heavy (non-hydrogen) atoms. The van der Waals surface area contributed by atoms with Gasteiger partial charge in [0.1, 0.15) is 5.75 Å². The number of anilines is 1. The quantitative estimate of drug-likeness (QED) is 0.865. The van der Waals surface area contributed by atoms with Crippen molar-refractivity contribution in [1.29, 1.82) is 0 Å². The molecule has 0 fully saturated rings. The molecule has 1 aromatic carbocycles. The molecule has 7 heteroatoms. The SMILES string of the molecule is COc1cc(C2=NNC3C(Br)=CC=CN23)ccc1N1C=NC(C)C1. The van der Waals surface area contributed by atoms with E-state index in [0.29, 0.717) is 6.04 Å². The standard InChI is InChI=1S/C17H18BrN5O/c1-11-9-22(10-19-11)14-6-5-12(8-15(14)24-2)16-20-21-17-13(18)4-3-7-23(16)17/h3-8,10-11,17,21H,9H2,1-2H3. The number of hydrogen-bond donors (Lipinski definition) is 1. The van der Waals surface area contributed by atoms with E-state index in [9.17, 15) is 0 Å². The summed E-state index contributed by atoms with van der Waals surface area (Å²) < 4.78 is 6.67. The smallest absolute Gasteiger partial charge is 0.161 e. The summed E-state index contributed by atoms with van der Waals surface area (Å²) in [7, 11) is 1.69. The Kier molecular flexibility index (Phi) is 3.80.